The predicted molar refractivity (Wildman–Crippen MR) is 149 cm³/mol. The molecule has 0 aliphatic rings. The molecule has 0 spiro atoms. The zero-order valence-corrected chi connectivity index (χ0v) is 23.5. The van der Waals surface area contributed by atoms with Crippen LogP contribution in [-0.2, 0) is 11.4 Å². The van der Waals surface area contributed by atoms with Gasteiger partial charge in [0.05, 0.1) is 22.9 Å². The van der Waals surface area contributed by atoms with Crippen LogP contribution in [0.25, 0.3) is 0 Å². The van der Waals surface area contributed by atoms with Crippen LogP contribution in [0.15, 0.2) is 70.2 Å². The Morgan fingerprint density at radius 3 is 2.50 bits per heavy atom. The summed E-state index contributed by atoms with van der Waals surface area (Å²) >= 11 is 9.75. The van der Waals surface area contributed by atoms with E-state index in [1.165, 1.54) is 24.4 Å². The third kappa shape index (κ3) is 7.79. The topological polar surface area (TPSA) is 89.0 Å². The maximum atomic E-state index is 14.0. The zero-order chi connectivity index (χ0) is 27.7. The van der Waals surface area contributed by atoms with Gasteiger partial charge in [0.15, 0.2) is 11.5 Å². The predicted octanol–water partition coefficient (Wildman–Crippen LogP) is 6.12. The minimum absolute atomic E-state index is 0.139. The molecule has 2 N–H and O–H groups in total. The van der Waals surface area contributed by atoms with Crippen molar-refractivity contribution in [3.8, 4) is 11.5 Å². The van der Waals surface area contributed by atoms with E-state index >= 15 is 0 Å². The highest BCUT2D eigenvalue weighted by Crippen LogP contribution is 2.37. The molecule has 10 heteroatoms. The number of rotatable bonds is 11. The minimum atomic E-state index is -0.925. The van der Waals surface area contributed by atoms with Gasteiger partial charge in [0, 0.05) is 10.6 Å². The van der Waals surface area contributed by atoms with Gasteiger partial charge in [-0.25, -0.2) is 9.82 Å². The number of halogens is 3. The van der Waals surface area contributed by atoms with Crippen molar-refractivity contribution in [2.24, 2.45) is 11.0 Å². The van der Waals surface area contributed by atoms with Crippen LogP contribution in [0.4, 0.5) is 4.39 Å². The molecule has 0 saturated heterocycles. The van der Waals surface area contributed by atoms with E-state index in [1.807, 2.05) is 25.1 Å². The summed E-state index contributed by atoms with van der Waals surface area (Å²) in [6, 6.07) is 15.5. The van der Waals surface area contributed by atoms with E-state index < -0.39 is 23.7 Å². The fourth-order valence-corrected chi connectivity index (χ4v) is 4.23. The van der Waals surface area contributed by atoms with Gasteiger partial charge in [-0.15, -0.1) is 0 Å². The quantitative estimate of drug-likeness (QED) is 0.204. The van der Waals surface area contributed by atoms with Crippen LogP contribution >= 0.6 is 27.5 Å². The molecule has 0 bridgehead atoms. The van der Waals surface area contributed by atoms with Crippen molar-refractivity contribution in [2.45, 2.75) is 33.4 Å². The fraction of sp³-hybridized carbons (Fsp3) is 0.250. The summed E-state index contributed by atoms with van der Waals surface area (Å²) in [6.07, 6.45) is 1.44. The van der Waals surface area contributed by atoms with Gasteiger partial charge >= 0.3 is 0 Å². The average molecular weight is 605 g/mol. The molecule has 0 aromatic heterocycles. The first-order valence-electron chi connectivity index (χ1n) is 11.9. The van der Waals surface area contributed by atoms with Gasteiger partial charge in [-0.1, -0.05) is 55.8 Å². The van der Waals surface area contributed by atoms with Crippen LogP contribution in [0.5, 0.6) is 11.5 Å². The van der Waals surface area contributed by atoms with Crippen molar-refractivity contribution >= 4 is 45.6 Å². The molecule has 0 radical (unpaired) electrons. The second kappa shape index (κ2) is 13.9. The minimum Gasteiger partial charge on any atom is -0.490 e. The molecule has 3 aromatic carbocycles. The molecule has 0 heterocycles. The Bertz CT molecular complexity index is 1320. The van der Waals surface area contributed by atoms with Crippen molar-refractivity contribution in [3.05, 3.63) is 92.7 Å². The van der Waals surface area contributed by atoms with Gasteiger partial charge in [-0.3, -0.25) is 9.59 Å². The number of hydrogen-bond donors (Lipinski definition) is 2. The number of amides is 2. The number of nitrogens with zero attached hydrogens (tertiary/aromatic N) is 1. The summed E-state index contributed by atoms with van der Waals surface area (Å²) in [7, 11) is 0. The van der Waals surface area contributed by atoms with Gasteiger partial charge in [0.2, 0.25) is 0 Å². The molecule has 3 aromatic rings. The van der Waals surface area contributed by atoms with Gasteiger partial charge in [-0.2, -0.15) is 5.10 Å². The van der Waals surface area contributed by atoms with Crippen molar-refractivity contribution in [1.82, 2.24) is 10.7 Å². The summed E-state index contributed by atoms with van der Waals surface area (Å²) in [5, 5.41) is 7.22. The average Bonchev–Trinajstić information content (AvgIpc) is 2.87. The number of hydrogen-bond acceptors (Lipinski definition) is 5. The van der Waals surface area contributed by atoms with E-state index in [0.29, 0.717) is 33.2 Å². The Balaban J connectivity index is 1.70. The molecule has 200 valence electrons. The van der Waals surface area contributed by atoms with Crippen LogP contribution < -0.4 is 20.2 Å². The van der Waals surface area contributed by atoms with Gasteiger partial charge < -0.3 is 14.8 Å². The van der Waals surface area contributed by atoms with Crippen LogP contribution in [0.3, 0.4) is 0 Å². The molecule has 0 fully saturated rings. The standard InChI is InChI=1S/C28H28BrClFN3O4/c1-4-37-24-14-18(13-21(29)26(24)38-16-19-9-5-7-11-22(19)30)15-32-34-28(36)25(17(2)3)33-27(35)20-10-6-8-12-23(20)31/h5-15,17,25H,4,16H2,1-3H3,(H,33,35)(H,34,36). The number of ether oxygens (including phenoxy) is 2. The third-order valence-corrected chi connectivity index (χ3v) is 6.36. The molecule has 38 heavy (non-hydrogen) atoms. The van der Waals surface area contributed by atoms with Crippen LogP contribution in [0.1, 0.15) is 42.3 Å². The Hall–Kier alpha value is -3.43. The van der Waals surface area contributed by atoms with Crippen molar-refractivity contribution < 1.29 is 23.5 Å². The third-order valence-electron chi connectivity index (χ3n) is 5.40. The lowest BCUT2D eigenvalue weighted by Gasteiger charge is -2.20. The Kier molecular flexibility index (Phi) is 10.7. The Morgan fingerprint density at radius 2 is 1.82 bits per heavy atom. The number of carbonyl (C=O) groups excluding carboxylic acids is 2. The first-order valence-corrected chi connectivity index (χ1v) is 13.1. The Morgan fingerprint density at radius 1 is 1.11 bits per heavy atom. The number of benzene rings is 3. The van der Waals surface area contributed by atoms with Gasteiger partial charge in [0.1, 0.15) is 18.5 Å². The normalized spacial score (nSPS) is 11.9. The highest BCUT2D eigenvalue weighted by molar-refractivity contribution is 9.10. The molecule has 0 saturated carbocycles. The van der Waals surface area contributed by atoms with E-state index in [9.17, 15) is 14.0 Å². The SMILES string of the molecule is CCOc1cc(C=NNC(=O)C(NC(=O)c2ccccc2F)C(C)C)cc(Br)c1OCc1ccccc1Cl. The molecular weight excluding hydrogens is 577 g/mol. The van der Waals surface area contributed by atoms with Crippen molar-refractivity contribution in [2.75, 3.05) is 6.61 Å². The maximum absolute atomic E-state index is 14.0. The lowest BCUT2D eigenvalue weighted by molar-refractivity contribution is -0.123. The van der Waals surface area contributed by atoms with E-state index in [1.54, 1.807) is 38.1 Å². The highest BCUT2D eigenvalue weighted by atomic mass is 79.9. The number of hydrazone groups is 1. The molecule has 0 aliphatic carbocycles. The van der Waals surface area contributed by atoms with E-state index in [4.69, 9.17) is 21.1 Å². The summed E-state index contributed by atoms with van der Waals surface area (Å²) in [6.45, 7) is 6.04. The first kappa shape index (κ1) is 29.1. The fourth-order valence-electron chi connectivity index (χ4n) is 3.47. The molecule has 1 unspecified atom stereocenters. The molecule has 7 nitrogen and oxygen atoms in total. The van der Waals surface area contributed by atoms with Gasteiger partial charge in [0.25, 0.3) is 11.8 Å². The molecular formula is C28H28BrClFN3O4. The summed E-state index contributed by atoms with van der Waals surface area (Å²) < 4.78 is 26.3. The zero-order valence-electron chi connectivity index (χ0n) is 21.1. The lowest BCUT2D eigenvalue weighted by Crippen LogP contribution is -2.48. The van der Waals surface area contributed by atoms with Crippen molar-refractivity contribution in [3.63, 3.8) is 0 Å². The number of carbonyl (C=O) groups is 2. The maximum Gasteiger partial charge on any atom is 0.262 e. The molecule has 0 aliphatic heterocycles. The van der Waals surface area contributed by atoms with Crippen LogP contribution in [0, 0.1) is 11.7 Å². The van der Waals surface area contributed by atoms with Crippen LogP contribution in [0.2, 0.25) is 5.02 Å². The largest absolute Gasteiger partial charge is 0.490 e. The van der Waals surface area contributed by atoms with Crippen LogP contribution in [-0.4, -0.2) is 30.7 Å². The molecule has 2 amide bonds. The smallest absolute Gasteiger partial charge is 0.262 e. The second-order valence-electron chi connectivity index (χ2n) is 8.55. The van der Waals surface area contributed by atoms with E-state index in [-0.39, 0.29) is 18.1 Å². The Labute approximate surface area is 234 Å². The van der Waals surface area contributed by atoms with Gasteiger partial charge in [-0.05, 0) is 64.7 Å². The highest BCUT2D eigenvalue weighted by Gasteiger charge is 2.25. The summed E-state index contributed by atoms with van der Waals surface area (Å²) in [5.41, 5.74) is 3.76. The summed E-state index contributed by atoms with van der Waals surface area (Å²) in [5.74, 6) is -1.17. The number of nitrogens with one attached hydrogen (secondary N) is 2. The van der Waals surface area contributed by atoms with E-state index in [2.05, 4.69) is 31.8 Å². The van der Waals surface area contributed by atoms with Crippen molar-refractivity contribution in [1.29, 1.82) is 0 Å². The first-order chi connectivity index (χ1) is 18.2. The molecule has 1 atom stereocenters. The second-order valence-corrected chi connectivity index (χ2v) is 9.81. The van der Waals surface area contributed by atoms with E-state index in [0.717, 1.165) is 5.56 Å². The lowest BCUT2D eigenvalue weighted by atomic mass is 10.0. The monoisotopic (exact) mass is 603 g/mol. The summed E-state index contributed by atoms with van der Waals surface area (Å²) in [4.78, 5) is 25.3. The molecule has 3 rings (SSSR count).